The maximum atomic E-state index is 10.6. The summed E-state index contributed by atoms with van der Waals surface area (Å²) in [4.78, 5) is 10.6. The summed E-state index contributed by atoms with van der Waals surface area (Å²) in [7, 11) is 1.64. The van der Waals surface area contributed by atoms with Gasteiger partial charge >= 0.3 is 0 Å². The van der Waals surface area contributed by atoms with Crippen LogP contribution in [0.15, 0.2) is 48.5 Å². The van der Waals surface area contributed by atoms with Gasteiger partial charge < -0.3 is 20.5 Å². The van der Waals surface area contributed by atoms with E-state index in [1.807, 2.05) is 48.5 Å². The summed E-state index contributed by atoms with van der Waals surface area (Å²) in [6, 6.07) is 15.2. The number of hydrogen-bond donors (Lipinski definition) is 2. The molecule has 0 saturated carbocycles. The van der Waals surface area contributed by atoms with Crippen LogP contribution in [0.4, 0.5) is 5.69 Å². The summed E-state index contributed by atoms with van der Waals surface area (Å²) in [5.41, 5.74) is 7.11. The number of nitrogens with two attached hydrogens (primary N) is 1. The molecule has 0 aliphatic heterocycles. The van der Waals surface area contributed by atoms with E-state index in [0.29, 0.717) is 12.3 Å². The van der Waals surface area contributed by atoms with Gasteiger partial charge in [-0.05, 0) is 29.8 Å². The number of hydrogen-bond acceptors (Lipinski definition) is 4. The van der Waals surface area contributed by atoms with Crippen molar-refractivity contribution in [1.82, 2.24) is 0 Å². The highest BCUT2D eigenvalue weighted by Crippen LogP contribution is 2.18. The molecule has 5 nitrogen and oxygen atoms in total. The van der Waals surface area contributed by atoms with Crippen LogP contribution in [0.2, 0.25) is 0 Å². The Bertz CT molecular complexity index is 597. The molecular weight excluding hydrogens is 268 g/mol. The minimum atomic E-state index is -0.487. The molecule has 0 heterocycles. The lowest BCUT2D eigenvalue weighted by molar-refractivity contribution is -0.119. The van der Waals surface area contributed by atoms with E-state index in [4.69, 9.17) is 15.2 Å². The van der Waals surface area contributed by atoms with Crippen molar-refractivity contribution in [3.05, 3.63) is 54.1 Å². The smallest absolute Gasteiger partial charge is 0.255 e. The highest BCUT2D eigenvalue weighted by molar-refractivity contribution is 5.75. The normalized spacial score (nSPS) is 9.95. The van der Waals surface area contributed by atoms with Gasteiger partial charge in [0.25, 0.3) is 5.91 Å². The fourth-order valence-corrected chi connectivity index (χ4v) is 1.80. The first-order valence-corrected chi connectivity index (χ1v) is 6.55. The third-order valence-electron chi connectivity index (χ3n) is 2.87. The Morgan fingerprint density at radius 1 is 1.14 bits per heavy atom. The second kappa shape index (κ2) is 7.19. The van der Waals surface area contributed by atoms with Crippen molar-refractivity contribution in [2.24, 2.45) is 5.73 Å². The van der Waals surface area contributed by atoms with Crippen LogP contribution in [0.3, 0.4) is 0 Å². The first kappa shape index (κ1) is 14.7. The summed E-state index contributed by atoms with van der Waals surface area (Å²) in [5.74, 6) is 0.952. The van der Waals surface area contributed by atoms with E-state index in [1.165, 1.54) is 0 Å². The SMILES string of the molecule is COc1cccc(NCc2ccc(OCC(N)=O)cc2)c1. The van der Waals surface area contributed by atoms with Gasteiger partial charge in [0.2, 0.25) is 0 Å². The van der Waals surface area contributed by atoms with E-state index in [2.05, 4.69) is 5.32 Å². The minimum Gasteiger partial charge on any atom is -0.497 e. The van der Waals surface area contributed by atoms with E-state index in [-0.39, 0.29) is 6.61 Å². The number of nitrogens with one attached hydrogen (secondary N) is 1. The van der Waals surface area contributed by atoms with Gasteiger partial charge in [0.05, 0.1) is 7.11 Å². The first-order chi connectivity index (χ1) is 10.2. The zero-order valence-corrected chi connectivity index (χ0v) is 11.8. The van der Waals surface area contributed by atoms with Crippen molar-refractivity contribution in [3.8, 4) is 11.5 Å². The molecule has 0 fully saturated rings. The zero-order valence-electron chi connectivity index (χ0n) is 11.8. The molecule has 0 saturated heterocycles. The second-order valence-corrected chi connectivity index (χ2v) is 4.48. The van der Waals surface area contributed by atoms with Crippen LogP contribution < -0.4 is 20.5 Å². The van der Waals surface area contributed by atoms with Gasteiger partial charge in [-0.2, -0.15) is 0 Å². The van der Waals surface area contributed by atoms with E-state index >= 15 is 0 Å². The molecule has 2 rings (SSSR count). The summed E-state index contributed by atoms with van der Waals surface area (Å²) in [6.07, 6.45) is 0. The summed E-state index contributed by atoms with van der Waals surface area (Å²) in [6.45, 7) is 0.574. The number of primary amides is 1. The van der Waals surface area contributed by atoms with E-state index in [0.717, 1.165) is 17.0 Å². The van der Waals surface area contributed by atoms with Gasteiger partial charge in [0.1, 0.15) is 11.5 Å². The Labute approximate surface area is 123 Å². The topological polar surface area (TPSA) is 73.6 Å². The molecule has 2 aromatic carbocycles. The van der Waals surface area contributed by atoms with Gasteiger partial charge in [-0.3, -0.25) is 4.79 Å². The highest BCUT2D eigenvalue weighted by Gasteiger charge is 1.99. The molecule has 5 heteroatoms. The quantitative estimate of drug-likeness (QED) is 0.818. The number of carbonyl (C=O) groups is 1. The molecule has 21 heavy (non-hydrogen) atoms. The Kier molecular flexibility index (Phi) is 5.04. The number of rotatable bonds is 7. The highest BCUT2D eigenvalue weighted by atomic mass is 16.5. The van der Waals surface area contributed by atoms with Crippen molar-refractivity contribution in [2.75, 3.05) is 19.0 Å². The molecule has 0 spiro atoms. The van der Waals surface area contributed by atoms with Crippen LogP contribution in [-0.2, 0) is 11.3 Å². The van der Waals surface area contributed by atoms with Crippen molar-refractivity contribution in [2.45, 2.75) is 6.54 Å². The largest absolute Gasteiger partial charge is 0.497 e. The van der Waals surface area contributed by atoms with Gasteiger partial charge in [-0.25, -0.2) is 0 Å². The third-order valence-corrected chi connectivity index (χ3v) is 2.87. The molecule has 110 valence electrons. The second-order valence-electron chi connectivity index (χ2n) is 4.48. The number of benzene rings is 2. The Morgan fingerprint density at radius 2 is 1.90 bits per heavy atom. The number of carbonyl (C=O) groups excluding carboxylic acids is 1. The molecular formula is C16H18N2O3. The third kappa shape index (κ3) is 4.72. The van der Waals surface area contributed by atoms with E-state index < -0.39 is 5.91 Å². The minimum absolute atomic E-state index is 0.110. The number of ether oxygens (including phenoxy) is 2. The Hall–Kier alpha value is -2.69. The zero-order chi connectivity index (χ0) is 15.1. The molecule has 0 aromatic heterocycles. The van der Waals surface area contributed by atoms with Crippen LogP contribution in [-0.4, -0.2) is 19.6 Å². The van der Waals surface area contributed by atoms with Gasteiger partial charge in [0.15, 0.2) is 6.61 Å². The van der Waals surface area contributed by atoms with Gasteiger partial charge in [-0.1, -0.05) is 18.2 Å². The van der Waals surface area contributed by atoms with Crippen molar-refractivity contribution in [1.29, 1.82) is 0 Å². The fourth-order valence-electron chi connectivity index (χ4n) is 1.80. The summed E-state index contributed by atoms with van der Waals surface area (Å²) in [5, 5.41) is 3.31. The maximum absolute atomic E-state index is 10.6. The van der Waals surface area contributed by atoms with E-state index in [9.17, 15) is 4.79 Å². The van der Waals surface area contributed by atoms with Crippen molar-refractivity contribution >= 4 is 11.6 Å². The Morgan fingerprint density at radius 3 is 2.57 bits per heavy atom. The van der Waals surface area contributed by atoms with E-state index in [1.54, 1.807) is 7.11 Å². The van der Waals surface area contributed by atoms with Gasteiger partial charge in [0, 0.05) is 18.3 Å². The summed E-state index contributed by atoms with van der Waals surface area (Å²) < 4.78 is 10.4. The lowest BCUT2D eigenvalue weighted by Crippen LogP contribution is -2.19. The molecule has 0 aliphatic rings. The molecule has 0 radical (unpaired) electrons. The first-order valence-electron chi connectivity index (χ1n) is 6.55. The average Bonchev–Trinajstić information content (AvgIpc) is 2.52. The van der Waals surface area contributed by atoms with Crippen LogP contribution in [0.25, 0.3) is 0 Å². The molecule has 0 bridgehead atoms. The van der Waals surface area contributed by atoms with Crippen molar-refractivity contribution in [3.63, 3.8) is 0 Å². The van der Waals surface area contributed by atoms with Crippen LogP contribution in [0.1, 0.15) is 5.56 Å². The molecule has 0 unspecified atom stereocenters. The van der Waals surface area contributed by atoms with Crippen LogP contribution >= 0.6 is 0 Å². The number of anilines is 1. The predicted molar refractivity (Wildman–Crippen MR) is 81.5 cm³/mol. The average molecular weight is 286 g/mol. The Balaban J connectivity index is 1.89. The number of amides is 1. The molecule has 0 atom stereocenters. The lowest BCUT2D eigenvalue weighted by Gasteiger charge is -2.09. The van der Waals surface area contributed by atoms with Crippen LogP contribution in [0.5, 0.6) is 11.5 Å². The monoisotopic (exact) mass is 286 g/mol. The maximum Gasteiger partial charge on any atom is 0.255 e. The standard InChI is InChI=1S/C16H18N2O3/c1-20-15-4-2-3-13(9-15)18-10-12-5-7-14(8-6-12)21-11-16(17)19/h2-9,18H,10-11H2,1H3,(H2,17,19). The molecule has 0 aliphatic carbocycles. The molecule has 2 aromatic rings. The lowest BCUT2D eigenvalue weighted by atomic mass is 10.2. The van der Waals surface area contributed by atoms with Gasteiger partial charge in [-0.15, -0.1) is 0 Å². The number of methoxy groups -OCH3 is 1. The van der Waals surface area contributed by atoms with Crippen LogP contribution in [0, 0.1) is 0 Å². The molecule has 3 N–H and O–H groups in total. The van der Waals surface area contributed by atoms with Crippen molar-refractivity contribution < 1.29 is 14.3 Å². The molecule has 1 amide bonds. The fraction of sp³-hybridized carbons (Fsp3) is 0.188. The predicted octanol–water partition coefficient (Wildman–Crippen LogP) is 2.17. The summed E-state index contributed by atoms with van der Waals surface area (Å²) >= 11 is 0.